The van der Waals surface area contributed by atoms with Crippen molar-refractivity contribution < 1.29 is 19.2 Å². The van der Waals surface area contributed by atoms with Gasteiger partial charge in [-0.15, -0.1) is 6.42 Å². The average molecular weight is 339 g/mol. The minimum atomic E-state index is -0.979. The van der Waals surface area contributed by atoms with Gasteiger partial charge in [-0.2, -0.15) is 0 Å². The Morgan fingerprint density at radius 3 is 2.72 bits per heavy atom. The van der Waals surface area contributed by atoms with Crippen LogP contribution in [0.5, 0.6) is 0 Å². The van der Waals surface area contributed by atoms with E-state index in [-0.39, 0.29) is 30.0 Å². The van der Waals surface area contributed by atoms with Crippen LogP contribution in [0.2, 0.25) is 0 Å². The van der Waals surface area contributed by atoms with Crippen molar-refractivity contribution >= 4 is 29.3 Å². The van der Waals surface area contributed by atoms with Crippen molar-refractivity contribution in [2.24, 2.45) is 0 Å². The quantitative estimate of drug-likeness (QED) is 0.628. The summed E-state index contributed by atoms with van der Waals surface area (Å²) in [4.78, 5) is 49.9. The summed E-state index contributed by atoms with van der Waals surface area (Å²) in [5, 5.41) is 5.25. The molecule has 0 aliphatic carbocycles. The van der Waals surface area contributed by atoms with E-state index in [0.29, 0.717) is 12.1 Å². The van der Waals surface area contributed by atoms with Gasteiger partial charge in [0.1, 0.15) is 6.04 Å². The molecule has 3 rings (SSSR count). The summed E-state index contributed by atoms with van der Waals surface area (Å²) in [6, 6.07) is 3.62. The van der Waals surface area contributed by atoms with Crippen molar-refractivity contribution in [2.45, 2.75) is 38.3 Å². The van der Waals surface area contributed by atoms with E-state index < -0.39 is 29.7 Å². The molecule has 2 unspecified atom stereocenters. The summed E-state index contributed by atoms with van der Waals surface area (Å²) in [5.41, 5.74) is 0.910. The van der Waals surface area contributed by atoms with Crippen LogP contribution in [0.3, 0.4) is 0 Å². The Balaban J connectivity index is 1.96. The lowest BCUT2D eigenvalue weighted by Crippen LogP contribution is -2.54. The highest BCUT2D eigenvalue weighted by molar-refractivity contribution is 6.25. The Morgan fingerprint density at radius 2 is 2.08 bits per heavy atom. The summed E-state index contributed by atoms with van der Waals surface area (Å²) in [6.45, 7) is 1.91. The third kappa shape index (κ3) is 2.76. The van der Waals surface area contributed by atoms with Gasteiger partial charge in [0.25, 0.3) is 11.8 Å². The van der Waals surface area contributed by atoms with Crippen LogP contribution >= 0.6 is 0 Å². The zero-order valence-corrected chi connectivity index (χ0v) is 13.7. The maximum Gasteiger partial charge on any atom is 0.264 e. The number of nitrogens with zero attached hydrogens (tertiary/aromatic N) is 1. The summed E-state index contributed by atoms with van der Waals surface area (Å²) in [6.07, 6.45) is 6.32. The normalized spacial score (nSPS) is 20.8. The number of piperidine rings is 1. The average Bonchev–Trinajstić information content (AvgIpc) is 2.85. The molecule has 2 aliphatic heterocycles. The molecule has 1 aromatic carbocycles. The fourth-order valence-electron chi connectivity index (χ4n) is 3.08. The van der Waals surface area contributed by atoms with Gasteiger partial charge >= 0.3 is 0 Å². The number of imide groups is 2. The molecule has 2 atom stereocenters. The summed E-state index contributed by atoms with van der Waals surface area (Å²) < 4.78 is 0. The lowest BCUT2D eigenvalue weighted by atomic mass is 10.0. The van der Waals surface area contributed by atoms with E-state index in [4.69, 9.17) is 6.42 Å². The predicted octanol–water partition coefficient (Wildman–Crippen LogP) is 0.911. The summed E-state index contributed by atoms with van der Waals surface area (Å²) >= 11 is 0. The molecule has 0 radical (unpaired) electrons. The highest BCUT2D eigenvalue weighted by atomic mass is 16.2. The Labute approximate surface area is 144 Å². The van der Waals surface area contributed by atoms with Crippen LogP contribution in [0.1, 0.15) is 46.9 Å². The maximum absolute atomic E-state index is 12.9. The molecular formula is C18H17N3O4. The van der Waals surface area contributed by atoms with Gasteiger partial charge in [0.05, 0.1) is 17.2 Å². The second-order valence-corrected chi connectivity index (χ2v) is 5.95. The Kier molecular flexibility index (Phi) is 4.28. The number of rotatable bonds is 4. The fraction of sp³-hybridized carbons (Fsp3) is 0.333. The minimum absolute atomic E-state index is 0.0872. The zero-order chi connectivity index (χ0) is 18.1. The van der Waals surface area contributed by atoms with Crippen molar-refractivity contribution in [1.29, 1.82) is 0 Å². The first-order chi connectivity index (χ1) is 12.0. The molecule has 0 bridgehead atoms. The summed E-state index contributed by atoms with van der Waals surface area (Å²) in [7, 11) is 0. The van der Waals surface area contributed by atoms with E-state index in [1.165, 1.54) is 0 Å². The standard InChI is InChI=1S/C18H17N3O4/c1-3-10(4-2)19-12-7-5-6-11-15(12)18(25)21(17(11)24)13-8-9-14(22)20-16(13)23/h1,5-7,10,13,19H,4,8-9H2,2H3,(H,20,22,23). The molecule has 7 nitrogen and oxygen atoms in total. The van der Waals surface area contributed by atoms with Crippen LogP contribution in [0.25, 0.3) is 0 Å². The number of amides is 4. The third-order valence-corrected chi connectivity index (χ3v) is 4.41. The largest absolute Gasteiger partial charge is 0.371 e. The van der Waals surface area contributed by atoms with Gasteiger partial charge in [0.15, 0.2) is 0 Å². The number of carbonyl (C=O) groups excluding carboxylic acids is 4. The molecule has 0 saturated carbocycles. The van der Waals surface area contributed by atoms with Crippen LogP contribution in [-0.4, -0.2) is 40.6 Å². The highest BCUT2D eigenvalue weighted by Gasteiger charge is 2.45. The third-order valence-electron chi connectivity index (χ3n) is 4.41. The van der Waals surface area contributed by atoms with E-state index >= 15 is 0 Å². The first-order valence-electron chi connectivity index (χ1n) is 8.05. The van der Waals surface area contributed by atoms with Gasteiger partial charge in [-0.05, 0) is 25.0 Å². The lowest BCUT2D eigenvalue weighted by Gasteiger charge is -2.27. The lowest BCUT2D eigenvalue weighted by molar-refractivity contribution is -0.136. The van der Waals surface area contributed by atoms with E-state index in [2.05, 4.69) is 16.6 Å². The Morgan fingerprint density at radius 1 is 1.32 bits per heavy atom. The minimum Gasteiger partial charge on any atom is -0.371 e. The van der Waals surface area contributed by atoms with Gasteiger partial charge in [0, 0.05) is 12.1 Å². The fourth-order valence-corrected chi connectivity index (χ4v) is 3.08. The monoisotopic (exact) mass is 339 g/mol. The number of terminal acetylenes is 1. The Hall–Kier alpha value is -3.14. The van der Waals surface area contributed by atoms with Gasteiger partial charge in [-0.3, -0.25) is 29.4 Å². The molecule has 4 amide bonds. The van der Waals surface area contributed by atoms with Crippen LogP contribution in [0, 0.1) is 12.3 Å². The Bertz CT molecular complexity index is 824. The van der Waals surface area contributed by atoms with E-state index in [1.807, 2.05) is 6.92 Å². The molecule has 1 fully saturated rings. The van der Waals surface area contributed by atoms with Crippen molar-refractivity contribution in [1.82, 2.24) is 10.2 Å². The van der Waals surface area contributed by atoms with E-state index in [1.54, 1.807) is 18.2 Å². The van der Waals surface area contributed by atoms with Gasteiger partial charge in [-0.1, -0.05) is 18.9 Å². The van der Waals surface area contributed by atoms with Crippen molar-refractivity contribution in [3.8, 4) is 12.3 Å². The molecule has 25 heavy (non-hydrogen) atoms. The number of hydrogen-bond acceptors (Lipinski definition) is 5. The molecule has 0 aromatic heterocycles. The first kappa shape index (κ1) is 16.7. The second kappa shape index (κ2) is 6.40. The van der Waals surface area contributed by atoms with Crippen molar-refractivity contribution in [3.63, 3.8) is 0 Å². The van der Waals surface area contributed by atoms with Crippen LogP contribution in [0.4, 0.5) is 5.69 Å². The molecule has 0 spiro atoms. The van der Waals surface area contributed by atoms with Gasteiger partial charge in [0.2, 0.25) is 11.8 Å². The highest BCUT2D eigenvalue weighted by Crippen LogP contribution is 2.32. The zero-order valence-electron chi connectivity index (χ0n) is 13.7. The number of anilines is 1. The molecule has 7 heteroatoms. The number of carbonyl (C=O) groups is 4. The molecule has 1 aromatic rings. The molecule has 2 heterocycles. The number of nitrogens with one attached hydrogen (secondary N) is 2. The summed E-state index contributed by atoms with van der Waals surface area (Å²) in [5.74, 6) is 0.463. The van der Waals surface area contributed by atoms with E-state index in [9.17, 15) is 19.2 Å². The number of benzene rings is 1. The van der Waals surface area contributed by atoms with Gasteiger partial charge in [-0.25, -0.2) is 0 Å². The predicted molar refractivity (Wildman–Crippen MR) is 89.6 cm³/mol. The first-order valence-corrected chi connectivity index (χ1v) is 8.05. The van der Waals surface area contributed by atoms with Crippen LogP contribution in [-0.2, 0) is 9.59 Å². The number of hydrogen-bond donors (Lipinski definition) is 2. The van der Waals surface area contributed by atoms with Crippen molar-refractivity contribution in [3.05, 3.63) is 29.3 Å². The second-order valence-electron chi connectivity index (χ2n) is 5.95. The molecule has 128 valence electrons. The van der Waals surface area contributed by atoms with E-state index in [0.717, 1.165) is 4.90 Å². The number of fused-ring (bicyclic) bond motifs is 1. The molecular weight excluding hydrogens is 322 g/mol. The SMILES string of the molecule is C#CC(CC)Nc1cccc2c1C(=O)N(C1CCC(=O)NC1=O)C2=O. The van der Waals surface area contributed by atoms with Crippen LogP contribution in [0.15, 0.2) is 18.2 Å². The molecule has 1 saturated heterocycles. The van der Waals surface area contributed by atoms with Crippen molar-refractivity contribution in [2.75, 3.05) is 5.32 Å². The smallest absolute Gasteiger partial charge is 0.264 e. The van der Waals surface area contributed by atoms with Gasteiger partial charge < -0.3 is 5.32 Å². The molecule has 2 N–H and O–H groups in total. The maximum atomic E-state index is 12.9. The topological polar surface area (TPSA) is 95.6 Å². The van der Waals surface area contributed by atoms with Crippen LogP contribution < -0.4 is 10.6 Å². The molecule has 2 aliphatic rings.